The minimum atomic E-state index is -0.176. The summed E-state index contributed by atoms with van der Waals surface area (Å²) in [5.74, 6) is 0. The summed E-state index contributed by atoms with van der Waals surface area (Å²) in [7, 11) is 0. The molecule has 0 spiro atoms. The van der Waals surface area contributed by atoms with Gasteiger partial charge in [-0.2, -0.15) is 0 Å². The molecule has 0 aliphatic carbocycles. The first-order valence-electron chi connectivity index (χ1n) is 7.17. The highest BCUT2D eigenvalue weighted by Crippen LogP contribution is 2.37. The summed E-state index contributed by atoms with van der Waals surface area (Å²) in [4.78, 5) is 19.0. The van der Waals surface area contributed by atoms with E-state index in [0.29, 0.717) is 15.1 Å². The van der Waals surface area contributed by atoms with Crippen molar-refractivity contribution in [3.05, 3.63) is 70.2 Å². The second-order valence-corrected chi connectivity index (χ2v) is 6.55. The maximum absolute atomic E-state index is 12.7. The maximum atomic E-state index is 12.7. The van der Waals surface area contributed by atoms with Crippen LogP contribution >= 0.6 is 23.4 Å². The molecule has 0 fully saturated rings. The summed E-state index contributed by atoms with van der Waals surface area (Å²) in [6.07, 6.45) is 1.48. The summed E-state index contributed by atoms with van der Waals surface area (Å²) >= 11 is 7.43. The molecule has 2 aromatic carbocycles. The molecular formula is C17H11ClN4OS. The van der Waals surface area contributed by atoms with Gasteiger partial charge in [-0.1, -0.05) is 41.9 Å². The van der Waals surface area contributed by atoms with E-state index in [9.17, 15) is 4.79 Å². The summed E-state index contributed by atoms with van der Waals surface area (Å²) in [5.41, 5.74) is 2.34. The van der Waals surface area contributed by atoms with Gasteiger partial charge in [-0.05, 0) is 35.5 Å². The zero-order valence-corrected chi connectivity index (χ0v) is 13.9. The van der Waals surface area contributed by atoms with Gasteiger partial charge in [0.15, 0.2) is 5.16 Å². The fourth-order valence-electron chi connectivity index (χ4n) is 2.58. The molecule has 0 saturated heterocycles. The molecule has 0 bridgehead atoms. The highest BCUT2D eigenvalue weighted by atomic mass is 35.5. The van der Waals surface area contributed by atoms with Crippen molar-refractivity contribution >= 4 is 34.3 Å². The Morgan fingerprint density at radius 1 is 1.08 bits per heavy atom. The highest BCUT2D eigenvalue weighted by Gasteiger charge is 2.17. The van der Waals surface area contributed by atoms with Crippen molar-refractivity contribution in [2.45, 2.75) is 10.1 Å². The molecule has 4 rings (SSSR count). The van der Waals surface area contributed by atoms with E-state index in [1.54, 1.807) is 6.07 Å². The van der Waals surface area contributed by atoms with Gasteiger partial charge in [0.1, 0.15) is 6.33 Å². The summed E-state index contributed by atoms with van der Waals surface area (Å²) < 4.78 is 0. The lowest BCUT2D eigenvalue weighted by Crippen LogP contribution is -2.10. The van der Waals surface area contributed by atoms with E-state index < -0.39 is 0 Å². The maximum Gasteiger partial charge on any atom is 0.263 e. The van der Waals surface area contributed by atoms with E-state index in [4.69, 9.17) is 11.6 Å². The molecule has 0 amide bonds. The van der Waals surface area contributed by atoms with Crippen molar-refractivity contribution in [2.24, 2.45) is 0 Å². The molecule has 4 aromatic rings. The van der Waals surface area contributed by atoms with Gasteiger partial charge >= 0.3 is 0 Å². The van der Waals surface area contributed by atoms with Crippen LogP contribution in [0.15, 0.2) is 69.7 Å². The molecule has 118 valence electrons. The zero-order valence-electron chi connectivity index (χ0n) is 12.3. The van der Waals surface area contributed by atoms with Crippen molar-refractivity contribution in [1.82, 2.24) is 20.2 Å². The smallest absolute Gasteiger partial charge is 0.263 e. The highest BCUT2D eigenvalue weighted by molar-refractivity contribution is 7.99. The van der Waals surface area contributed by atoms with E-state index in [1.165, 1.54) is 18.1 Å². The Hall–Kier alpha value is -2.57. The molecule has 2 N–H and O–H groups in total. The van der Waals surface area contributed by atoms with Crippen LogP contribution < -0.4 is 5.56 Å². The monoisotopic (exact) mass is 354 g/mol. The first kappa shape index (κ1) is 15.0. The number of pyridine rings is 1. The quantitative estimate of drug-likeness (QED) is 0.580. The molecule has 0 aliphatic rings. The second-order valence-electron chi connectivity index (χ2n) is 5.11. The summed E-state index contributed by atoms with van der Waals surface area (Å²) in [5, 5.41) is 9.78. The number of benzene rings is 2. The lowest BCUT2D eigenvalue weighted by Gasteiger charge is -2.12. The van der Waals surface area contributed by atoms with Crippen LogP contribution in [0.5, 0.6) is 0 Å². The third-order valence-corrected chi connectivity index (χ3v) is 4.81. The number of aromatic amines is 2. The Morgan fingerprint density at radius 2 is 1.92 bits per heavy atom. The summed E-state index contributed by atoms with van der Waals surface area (Å²) in [6, 6.07) is 15.2. The number of hydrogen-bond acceptors (Lipinski definition) is 4. The Morgan fingerprint density at radius 3 is 2.67 bits per heavy atom. The van der Waals surface area contributed by atoms with Gasteiger partial charge in [0.2, 0.25) is 0 Å². The molecule has 2 heterocycles. The van der Waals surface area contributed by atoms with Gasteiger partial charge in [0.05, 0.1) is 4.90 Å². The largest absolute Gasteiger partial charge is 0.322 e. The normalized spacial score (nSPS) is 11.0. The van der Waals surface area contributed by atoms with Gasteiger partial charge < -0.3 is 9.97 Å². The lowest BCUT2D eigenvalue weighted by molar-refractivity contribution is 0.971. The SMILES string of the molecule is O=c1[nH]c2ccc(Cl)cc2c(-c2ccccc2)c1Sc1nnc[nH]1. The number of rotatable bonds is 3. The molecule has 24 heavy (non-hydrogen) atoms. The van der Waals surface area contributed by atoms with Crippen molar-refractivity contribution in [1.29, 1.82) is 0 Å². The number of aromatic nitrogens is 4. The van der Waals surface area contributed by atoms with Crippen molar-refractivity contribution in [3.8, 4) is 11.1 Å². The Kier molecular flexibility index (Phi) is 3.84. The number of fused-ring (bicyclic) bond motifs is 1. The third-order valence-electron chi connectivity index (χ3n) is 3.59. The van der Waals surface area contributed by atoms with Crippen LogP contribution in [0.3, 0.4) is 0 Å². The Labute approximate surface area is 146 Å². The lowest BCUT2D eigenvalue weighted by atomic mass is 10.0. The van der Waals surface area contributed by atoms with E-state index in [1.807, 2.05) is 42.5 Å². The first-order chi connectivity index (χ1) is 11.7. The van der Waals surface area contributed by atoms with Crippen LogP contribution in [-0.2, 0) is 0 Å². The molecular weight excluding hydrogens is 344 g/mol. The van der Waals surface area contributed by atoms with Gasteiger partial charge in [0, 0.05) is 21.5 Å². The number of halogens is 1. The van der Waals surface area contributed by atoms with Gasteiger partial charge in [-0.3, -0.25) is 4.79 Å². The molecule has 0 radical (unpaired) electrons. The average Bonchev–Trinajstić information content (AvgIpc) is 3.10. The fourth-order valence-corrected chi connectivity index (χ4v) is 3.62. The number of hydrogen-bond donors (Lipinski definition) is 2. The van der Waals surface area contributed by atoms with E-state index >= 15 is 0 Å². The van der Waals surface area contributed by atoms with Crippen LogP contribution in [0, 0.1) is 0 Å². The molecule has 2 aromatic heterocycles. The molecule has 0 saturated carbocycles. The molecule has 0 unspecified atom stereocenters. The number of nitrogens with zero attached hydrogens (tertiary/aromatic N) is 2. The van der Waals surface area contributed by atoms with E-state index in [0.717, 1.165) is 22.0 Å². The number of nitrogens with one attached hydrogen (secondary N) is 2. The van der Waals surface area contributed by atoms with Crippen molar-refractivity contribution in [3.63, 3.8) is 0 Å². The van der Waals surface area contributed by atoms with E-state index in [2.05, 4.69) is 20.2 Å². The fraction of sp³-hybridized carbons (Fsp3) is 0. The van der Waals surface area contributed by atoms with Crippen LogP contribution in [0.1, 0.15) is 0 Å². The Bertz CT molecular complexity index is 1060. The van der Waals surface area contributed by atoms with E-state index in [-0.39, 0.29) is 5.56 Å². The predicted octanol–water partition coefficient (Wildman–Crippen LogP) is 4.12. The van der Waals surface area contributed by atoms with Crippen LogP contribution in [0.4, 0.5) is 0 Å². The van der Waals surface area contributed by atoms with Gasteiger partial charge in [0.25, 0.3) is 5.56 Å². The topological polar surface area (TPSA) is 74.4 Å². The standard InChI is InChI=1S/C17H11ClN4OS/c18-11-6-7-13-12(8-11)14(10-4-2-1-3-5-10)15(16(23)21-13)24-17-19-9-20-22-17/h1-9H,(H,21,23)(H,19,20,22). The van der Waals surface area contributed by atoms with Crippen LogP contribution in [0.25, 0.3) is 22.0 Å². The van der Waals surface area contributed by atoms with Gasteiger partial charge in [-0.15, -0.1) is 10.2 Å². The predicted molar refractivity (Wildman–Crippen MR) is 95.5 cm³/mol. The average molecular weight is 355 g/mol. The first-order valence-corrected chi connectivity index (χ1v) is 8.37. The Balaban J connectivity index is 2.06. The summed E-state index contributed by atoms with van der Waals surface area (Å²) in [6.45, 7) is 0. The van der Waals surface area contributed by atoms with Crippen molar-refractivity contribution < 1.29 is 0 Å². The minimum absolute atomic E-state index is 0.176. The van der Waals surface area contributed by atoms with Crippen molar-refractivity contribution in [2.75, 3.05) is 0 Å². The molecule has 0 aliphatic heterocycles. The third kappa shape index (κ3) is 2.70. The van der Waals surface area contributed by atoms with Crippen LogP contribution in [0.2, 0.25) is 5.02 Å². The van der Waals surface area contributed by atoms with Crippen LogP contribution in [-0.4, -0.2) is 20.2 Å². The second kappa shape index (κ2) is 6.14. The molecule has 0 atom stereocenters. The molecule has 7 heteroatoms. The molecule has 5 nitrogen and oxygen atoms in total. The number of H-pyrrole nitrogens is 2. The zero-order chi connectivity index (χ0) is 16.5. The van der Waals surface area contributed by atoms with Gasteiger partial charge in [-0.25, -0.2) is 0 Å². The minimum Gasteiger partial charge on any atom is -0.322 e.